The first kappa shape index (κ1) is 13.1. The van der Waals surface area contributed by atoms with Crippen LogP contribution in [-0.4, -0.2) is 15.8 Å². The van der Waals surface area contributed by atoms with E-state index in [0.29, 0.717) is 13.1 Å². The SMILES string of the molecule is Cc1[nH]c2ccc(CN3Cc4ccccc4C3=O)cc2c1C. The summed E-state index contributed by atoms with van der Waals surface area (Å²) in [7, 11) is 0. The molecule has 1 aromatic heterocycles. The minimum absolute atomic E-state index is 0.137. The Labute approximate surface area is 129 Å². The van der Waals surface area contributed by atoms with Crippen molar-refractivity contribution in [3.05, 3.63) is 70.4 Å². The van der Waals surface area contributed by atoms with Crippen LogP contribution in [0.1, 0.15) is 32.7 Å². The number of carbonyl (C=O) groups excluding carboxylic acids is 1. The first-order valence-corrected chi connectivity index (χ1v) is 7.58. The van der Waals surface area contributed by atoms with Crippen LogP contribution in [0.2, 0.25) is 0 Å². The predicted molar refractivity (Wildman–Crippen MR) is 87.8 cm³/mol. The fourth-order valence-corrected chi connectivity index (χ4v) is 3.27. The van der Waals surface area contributed by atoms with Gasteiger partial charge >= 0.3 is 0 Å². The third kappa shape index (κ3) is 1.93. The van der Waals surface area contributed by atoms with Crippen molar-refractivity contribution in [3.8, 4) is 0 Å². The summed E-state index contributed by atoms with van der Waals surface area (Å²) in [4.78, 5) is 17.8. The molecule has 0 aliphatic carbocycles. The Hall–Kier alpha value is -2.55. The summed E-state index contributed by atoms with van der Waals surface area (Å²) in [6.45, 7) is 5.59. The smallest absolute Gasteiger partial charge is 0.254 e. The van der Waals surface area contributed by atoms with E-state index in [0.717, 1.165) is 16.6 Å². The number of hydrogen-bond acceptors (Lipinski definition) is 1. The van der Waals surface area contributed by atoms with Crippen LogP contribution in [0, 0.1) is 13.8 Å². The molecule has 110 valence electrons. The van der Waals surface area contributed by atoms with E-state index in [2.05, 4.69) is 37.0 Å². The Bertz CT molecular complexity index is 892. The molecule has 0 bridgehead atoms. The van der Waals surface area contributed by atoms with Gasteiger partial charge in [0.15, 0.2) is 0 Å². The van der Waals surface area contributed by atoms with Crippen LogP contribution in [0.3, 0.4) is 0 Å². The van der Waals surface area contributed by atoms with Crippen LogP contribution >= 0.6 is 0 Å². The topological polar surface area (TPSA) is 36.1 Å². The van der Waals surface area contributed by atoms with Crippen LogP contribution in [0.25, 0.3) is 10.9 Å². The van der Waals surface area contributed by atoms with Gasteiger partial charge in [0.05, 0.1) is 0 Å². The molecular weight excluding hydrogens is 272 g/mol. The molecule has 3 aromatic rings. The number of fused-ring (bicyclic) bond motifs is 2. The summed E-state index contributed by atoms with van der Waals surface area (Å²) >= 11 is 0. The lowest BCUT2D eigenvalue weighted by molar-refractivity contribution is 0.0767. The number of aromatic nitrogens is 1. The lowest BCUT2D eigenvalue weighted by Crippen LogP contribution is -2.23. The molecule has 3 heteroatoms. The number of benzene rings is 2. The molecular formula is C19H18N2O. The average Bonchev–Trinajstić information content (AvgIpc) is 2.99. The highest BCUT2D eigenvalue weighted by Crippen LogP contribution is 2.26. The first-order valence-electron chi connectivity index (χ1n) is 7.58. The normalized spacial score (nSPS) is 13.9. The number of amides is 1. The number of aromatic amines is 1. The van der Waals surface area contributed by atoms with E-state index in [9.17, 15) is 4.79 Å². The number of hydrogen-bond donors (Lipinski definition) is 1. The Morgan fingerprint density at radius 2 is 1.95 bits per heavy atom. The number of rotatable bonds is 2. The summed E-state index contributed by atoms with van der Waals surface area (Å²) in [5, 5.41) is 1.25. The third-order valence-electron chi connectivity index (χ3n) is 4.64. The zero-order valence-corrected chi connectivity index (χ0v) is 12.8. The quantitative estimate of drug-likeness (QED) is 0.762. The Balaban J connectivity index is 1.65. The van der Waals surface area contributed by atoms with Crippen LogP contribution < -0.4 is 0 Å². The van der Waals surface area contributed by atoms with Gasteiger partial charge in [-0.05, 0) is 48.7 Å². The van der Waals surface area contributed by atoms with Gasteiger partial charge in [0.25, 0.3) is 5.91 Å². The number of carbonyl (C=O) groups is 1. The van der Waals surface area contributed by atoms with E-state index in [4.69, 9.17) is 0 Å². The van der Waals surface area contributed by atoms with Gasteiger partial charge < -0.3 is 9.88 Å². The van der Waals surface area contributed by atoms with Gasteiger partial charge in [0.1, 0.15) is 0 Å². The van der Waals surface area contributed by atoms with E-state index in [1.54, 1.807) is 0 Å². The minimum Gasteiger partial charge on any atom is -0.358 e. The molecule has 0 atom stereocenters. The molecule has 0 unspecified atom stereocenters. The van der Waals surface area contributed by atoms with Crippen molar-refractivity contribution in [2.75, 3.05) is 0 Å². The summed E-state index contributed by atoms with van der Waals surface area (Å²) in [5.41, 5.74) is 6.80. The van der Waals surface area contributed by atoms with Crippen molar-refractivity contribution in [1.82, 2.24) is 9.88 Å². The maximum atomic E-state index is 12.5. The molecule has 22 heavy (non-hydrogen) atoms. The van der Waals surface area contributed by atoms with Gasteiger partial charge in [-0.3, -0.25) is 4.79 Å². The molecule has 1 N–H and O–H groups in total. The second kappa shape index (κ2) is 4.73. The van der Waals surface area contributed by atoms with Gasteiger partial charge in [0, 0.05) is 35.2 Å². The van der Waals surface area contributed by atoms with E-state index >= 15 is 0 Å². The van der Waals surface area contributed by atoms with Crippen molar-refractivity contribution in [2.24, 2.45) is 0 Å². The summed E-state index contributed by atoms with van der Waals surface area (Å²) in [6.07, 6.45) is 0. The van der Waals surface area contributed by atoms with Crippen LogP contribution in [-0.2, 0) is 13.1 Å². The third-order valence-corrected chi connectivity index (χ3v) is 4.64. The standard InChI is InChI=1S/C19H18N2O/c1-12-13(2)20-18-8-7-14(9-17(12)18)10-21-11-15-5-3-4-6-16(15)19(21)22/h3-9,20H,10-11H2,1-2H3. The van der Waals surface area contributed by atoms with Crippen molar-refractivity contribution in [2.45, 2.75) is 26.9 Å². The summed E-state index contributed by atoms with van der Waals surface area (Å²) < 4.78 is 0. The number of H-pyrrole nitrogens is 1. The highest BCUT2D eigenvalue weighted by atomic mass is 16.2. The molecule has 2 heterocycles. The minimum atomic E-state index is 0.137. The largest absolute Gasteiger partial charge is 0.358 e. The highest BCUT2D eigenvalue weighted by Gasteiger charge is 2.26. The summed E-state index contributed by atoms with van der Waals surface area (Å²) in [5.74, 6) is 0.137. The Morgan fingerprint density at radius 1 is 1.14 bits per heavy atom. The molecule has 3 nitrogen and oxygen atoms in total. The van der Waals surface area contributed by atoms with Gasteiger partial charge in [-0.1, -0.05) is 24.3 Å². The second-order valence-corrected chi connectivity index (χ2v) is 6.07. The lowest BCUT2D eigenvalue weighted by atomic mass is 10.1. The molecule has 0 spiro atoms. The molecule has 2 aromatic carbocycles. The first-order chi connectivity index (χ1) is 10.6. The maximum absolute atomic E-state index is 12.5. The van der Waals surface area contributed by atoms with E-state index in [1.165, 1.54) is 22.2 Å². The lowest BCUT2D eigenvalue weighted by Gasteiger charge is -2.15. The van der Waals surface area contributed by atoms with Crippen LogP contribution in [0.4, 0.5) is 0 Å². The monoisotopic (exact) mass is 290 g/mol. The van der Waals surface area contributed by atoms with Gasteiger partial charge in [-0.15, -0.1) is 0 Å². The maximum Gasteiger partial charge on any atom is 0.254 e. The van der Waals surface area contributed by atoms with Crippen LogP contribution in [0.5, 0.6) is 0 Å². The fourth-order valence-electron chi connectivity index (χ4n) is 3.27. The number of aryl methyl sites for hydroxylation is 2. The molecule has 1 amide bonds. The van der Waals surface area contributed by atoms with Crippen molar-refractivity contribution in [3.63, 3.8) is 0 Å². The van der Waals surface area contributed by atoms with Gasteiger partial charge in [-0.2, -0.15) is 0 Å². The molecule has 4 rings (SSSR count). The Kier molecular flexibility index (Phi) is 2.83. The average molecular weight is 290 g/mol. The molecule has 1 aliphatic heterocycles. The fraction of sp³-hybridized carbons (Fsp3) is 0.211. The van der Waals surface area contributed by atoms with Gasteiger partial charge in [0.2, 0.25) is 0 Å². The number of nitrogens with one attached hydrogen (secondary N) is 1. The van der Waals surface area contributed by atoms with Gasteiger partial charge in [-0.25, -0.2) is 0 Å². The highest BCUT2D eigenvalue weighted by molar-refractivity contribution is 5.98. The molecule has 0 fully saturated rings. The zero-order chi connectivity index (χ0) is 15.3. The molecule has 0 saturated heterocycles. The van der Waals surface area contributed by atoms with E-state index in [-0.39, 0.29) is 5.91 Å². The molecule has 0 radical (unpaired) electrons. The zero-order valence-electron chi connectivity index (χ0n) is 12.8. The number of nitrogens with zero attached hydrogens (tertiary/aromatic N) is 1. The van der Waals surface area contributed by atoms with Crippen molar-refractivity contribution < 1.29 is 4.79 Å². The second-order valence-electron chi connectivity index (χ2n) is 6.07. The van der Waals surface area contributed by atoms with E-state index in [1.807, 2.05) is 29.2 Å². The molecule has 0 saturated carbocycles. The van der Waals surface area contributed by atoms with Crippen molar-refractivity contribution >= 4 is 16.8 Å². The summed E-state index contributed by atoms with van der Waals surface area (Å²) in [6, 6.07) is 14.3. The van der Waals surface area contributed by atoms with E-state index < -0.39 is 0 Å². The van der Waals surface area contributed by atoms with Crippen LogP contribution in [0.15, 0.2) is 42.5 Å². The Morgan fingerprint density at radius 3 is 2.77 bits per heavy atom. The molecule has 1 aliphatic rings. The van der Waals surface area contributed by atoms with Crippen molar-refractivity contribution in [1.29, 1.82) is 0 Å². The predicted octanol–water partition coefficient (Wildman–Crippen LogP) is 3.94.